The van der Waals surface area contributed by atoms with Crippen LogP contribution in [0.1, 0.15) is 42.1 Å². The van der Waals surface area contributed by atoms with Crippen LogP contribution in [0, 0.1) is 6.92 Å². The molecule has 1 saturated heterocycles. The molecule has 1 fully saturated rings. The van der Waals surface area contributed by atoms with E-state index in [1.807, 2.05) is 37.3 Å². The van der Waals surface area contributed by atoms with E-state index in [1.165, 1.54) is 6.07 Å². The Kier molecular flexibility index (Phi) is 5.58. The molecule has 0 aliphatic carbocycles. The number of aromatic nitrogens is 1. The molecule has 4 rings (SSSR count). The molecule has 0 saturated carbocycles. The molecular weight excluding hydrogens is 398 g/mol. The number of rotatable bonds is 4. The van der Waals surface area contributed by atoms with Gasteiger partial charge >= 0.3 is 0 Å². The number of fused-ring (bicyclic) bond motifs is 1. The van der Waals surface area contributed by atoms with Crippen LogP contribution in [0.15, 0.2) is 59.6 Å². The smallest absolute Gasteiger partial charge is 0.256 e. The summed E-state index contributed by atoms with van der Waals surface area (Å²) in [5.74, 6) is -0.353. The fraction of sp³-hybridized carbons (Fsp3) is 0.304. The first kappa shape index (κ1) is 20.5. The van der Waals surface area contributed by atoms with Crippen molar-refractivity contribution in [2.24, 2.45) is 0 Å². The number of nitrogens with one attached hydrogen (secondary N) is 1. The number of hydrogen-bond donors (Lipinski definition) is 1. The Morgan fingerprint density at radius 3 is 2.73 bits per heavy atom. The number of carbonyl (C=O) groups excluding carboxylic acids is 1. The van der Waals surface area contributed by atoms with E-state index in [4.69, 9.17) is 0 Å². The van der Waals surface area contributed by atoms with Gasteiger partial charge in [0, 0.05) is 23.5 Å². The van der Waals surface area contributed by atoms with E-state index >= 15 is 0 Å². The second kappa shape index (κ2) is 8.16. The number of benzene rings is 2. The summed E-state index contributed by atoms with van der Waals surface area (Å²) in [6.07, 6.45) is 4.35. The van der Waals surface area contributed by atoms with Crippen molar-refractivity contribution in [3.05, 3.63) is 65.9 Å². The van der Waals surface area contributed by atoms with Crippen LogP contribution >= 0.6 is 0 Å². The molecule has 1 aliphatic heterocycles. The van der Waals surface area contributed by atoms with Gasteiger partial charge in [-0.05, 0) is 56.5 Å². The first-order chi connectivity index (χ1) is 14.4. The average Bonchev–Trinajstić information content (AvgIpc) is 2.74. The van der Waals surface area contributed by atoms with Crippen LogP contribution in [0.2, 0.25) is 0 Å². The van der Waals surface area contributed by atoms with Crippen LogP contribution in [0.4, 0.5) is 5.69 Å². The fourth-order valence-corrected chi connectivity index (χ4v) is 5.63. The number of anilines is 1. The van der Waals surface area contributed by atoms with Gasteiger partial charge in [0.25, 0.3) is 5.91 Å². The summed E-state index contributed by atoms with van der Waals surface area (Å²) in [4.78, 5) is 17.5. The third-order valence-corrected chi connectivity index (χ3v) is 7.66. The van der Waals surface area contributed by atoms with Crippen LogP contribution in [-0.2, 0) is 10.0 Å². The first-order valence-corrected chi connectivity index (χ1v) is 11.6. The van der Waals surface area contributed by atoms with Crippen LogP contribution < -0.4 is 5.32 Å². The molecule has 7 heteroatoms. The second-order valence-corrected chi connectivity index (χ2v) is 9.70. The SMILES string of the molecule is Cc1ccc(S(=O)(=O)N2CCCCC2C)cc1C(=O)Nc1cnc2ccccc2c1. The zero-order valence-corrected chi connectivity index (χ0v) is 17.9. The molecule has 30 heavy (non-hydrogen) atoms. The number of nitrogens with zero attached hydrogens (tertiary/aromatic N) is 2. The van der Waals surface area contributed by atoms with Gasteiger partial charge in [0.2, 0.25) is 10.0 Å². The van der Waals surface area contributed by atoms with E-state index < -0.39 is 10.0 Å². The summed E-state index contributed by atoms with van der Waals surface area (Å²) in [5.41, 5.74) is 2.47. The second-order valence-electron chi connectivity index (χ2n) is 7.81. The minimum absolute atomic E-state index is 0.0361. The molecule has 1 unspecified atom stereocenters. The van der Waals surface area contributed by atoms with E-state index in [0.29, 0.717) is 23.4 Å². The summed E-state index contributed by atoms with van der Waals surface area (Å²) in [5, 5.41) is 3.77. The highest BCUT2D eigenvalue weighted by Gasteiger charge is 2.31. The Morgan fingerprint density at radius 2 is 1.93 bits per heavy atom. The van der Waals surface area contributed by atoms with Crippen molar-refractivity contribution < 1.29 is 13.2 Å². The van der Waals surface area contributed by atoms with Gasteiger partial charge in [-0.1, -0.05) is 30.7 Å². The maximum Gasteiger partial charge on any atom is 0.256 e. The largest absolute Gasteiger partial charge is 0.321 e. The van der Waals surface area contributed by atoms with Crippen molar-refractivity contribution in [3.8, 4) is 0 Å². The molecule has 1 aromatic heterocycles. The predicted octanol–water partition coefficient (Wildman–Crippen LogP) is 4.36. The Morgan fingerprint density at radius 1 is 1.13 bits per heavy atom. The van der Waals surface area contributed by atoms with E-state index in [9.17, 15) is 13.2 Å². The van der Waals surface area contributed by atoms with Gasteiger partial charge in [0.05, 0.1) is 22.3 Å². The Balaban J connectivity index is 1.63. The molecule has 6 nitrogen and oxygen atoms in total. The molecule has 156 valence electrons. The maximum atomic E-state index is 13.2. The normalized spacial score (nSPS) is 17.7. The monoisotopic (exact) mass is 423 g/mol. The molecule has 2 heterocycles. The zero-order chi connectivity index (χ0) is 21.3. The third kappa shape index (κ3) is 3.95. The van der Waals surface area contributed by atoms with Crippen molar-refractivity contribution in [1.29, 1.82) is 0 Å². The van der Waals surface area contributed by atoms with Crippen LogP contribution in [-0.4, -0.2) is 36.2 Å². The lowest BCUT2D eigenvalue weighted by Gasteiger charge is -2.32. The van der Waals surface area contributed by atoms with Gasteiger partial charge in [0.1, 0.15) is 0 Å². The summed E-state index contributed by atoms with van der Waals surface area (Å²) in [7, 11) is -3.64. The predicted molar refractivity (Wildman–Crippen MR) is 118 cm³/mol. The lowest BCUT2D eigenvalue weighted by Crippen LogP contribution is -2.42. The van der Waals surface area contributed by atoms with Crippen LogP contribution in [0.5, 0.6) is 0 Å². The van der Waals surface area contributed by atoms with E-state index in [-0.39, 0.29) is 16.8 Å². The molecule has 2 aromatic carbocycles. The molecule has 1 N–H and O–H groups in total. The number of hydrogen-bond acceptors (Lipinski definition) is 4. The number of carbonyl (C=O) groups is 1. The van der Waals surface area contributed by atoms with E-state index in [1.54, 1.807) is 29.6 Å². The standard InChI is InChI=1S/C23H25N3O3S/c1-16-10-11-20(30(28,29)26-12-6-5-7-17(26)2)14-21(16)23(27)25-19-13-18-8-3-4-9-22(18)24-15-19/h3-4,8-11,13-15,17H,5-7,12H2,1-2H3,(H,25,27). The minimum Gasteiger partial charge on any atom is -0.321 e. The van der Waals surface area contributed by atoms with Gasteiger partial charge in [-0.25, -0.2) is 8.42 Å². The molecule has 1 amide bonds. The number of aryl methyl sites for hydroxylation is 1. The Bertz CT molecular complexity index is 1210. The topological polar surface area (TPSA) is 79.4 Å². The number of sulfonamides is 1. The minimum atomic E-state index is -3.64. The Labute approximate surface area is 177 Å². The summed E-state index contributed by atoms with van der Waals surface area (Å²) >= 11 is 0. The summed E-state index contributed by atoms with van der Waals surface area (Å²) in [6, 6.07) is 14.2. The maximum absolute atomic E-state index is 13.2. The highest BCUT2D eigenvalue weighted by molar-refractivity contribution is 7.89. The van der Waals surface area contributed by atoms with Gasteiger partial charge in [-0.15, -0.1) is 0 Å². The van der Waals surface area contributed by atoms with Gasteiger partial charge < -0.3 is 5.32 Å². The molecule has 0 bridgehead atoms. The number of piperidine rings is 1. The van der Waals surface area contributed by atoms with Crippen molar-refractivity contribution >= 4 is 32.5 Å². The fourth-order valence-electron chi connectivity index (χ4n) is 3.91. The van der Waals surface area contributed by atoms with Crippen molar-refractivity contribution in [3.63, 3.8) is 0 Å². The van der Waals surface area contributed by atoms with Crippen molar-refractivity contribution in [2.75, 3.05) is 11.9 Å². The zero-order valence-electron chi connectivity index (χ0n) is 17.1. The lowest BCUT2D eigenvalue weighted by atomic mass is 10.1. The molecule has 0 radical (unpaired) electrons. The van der Waals surface area contributed by atoms with Crippen LogP contribution in [0.3, 0.4) is 0 Å². The third-order valence-electron chi connectivity index (χ3n) is 5.65. The highest BCUT2D eigenvalue weighted by atomic mass is 32.2. The number of amides is 1. The number of para-hydroxylation sites is 1. The average molecular weight is 424 g/mol. The van der Waals surface area contributed by atoms with Crippen molar-refractivity contribution in [1.82, 2.24) is 9.29 Å². The summed E-state index contributed by atoms with van der Waals surface area (Å²) < 4.78 is 27.9. The lowest BCUT2D eigenvalue weighted by molar-refractivity contribution is 0.102. The van der Waals surface area contributed by atoms with Gasteiger partial charge in [-0.2, -0.15) is 4.31 Å². The Hall–Kier alpha value is -2.77. The van der Waals surface area contributed by atoms with Crippen LogP contribution in [0.25, 0.3) is 10.9 Å². The highest BCUT2D eigenvalue weighted by Crippen LogP contribution is 2.27. The van der Waals surface area contributed by atoms with E-state index in [2.05, 4.69) is 10.3 Å². The first-order valence-electron chi connectivity index (χ1n) is 10.1. The van der Waals surface area contributed by atoms with E-state index in [0.717, 1.165) is 30.2 Å². The van der Waals surface area contributed by atoms with Gasteiger partial charge in [0.15, 0.2) is 0 Å². The molecule has 1 aliphatic rings. The molecule has 1 atom stereocenters. The molecule has 0 spiro atoms. The quantitative estimate of drug-likeness (QED) is 0.676. The molecular formula is C23H25N3O3S. The van der Waals surface area contributed by atoms with Gasteiger partial charge in [-0.3, -0.25) is 9.78 Å². The summed E-state index contributed by atoms with van der Waals surface area (Å²) in [6.45, 7) is 4.25. The molecule has 3 aromatic rings. The number of pyridine rings is 1. The van der Waals surface area contributed by atoms with Crippen molar-refractivity contribution in [2.45, 2.75) is 44.0 Å².